The topological polar surface area (TPSA) is 29.3 Å². The highest BCUT2D eigenvalue weighted by Crippen LogP contribution is 2.39. The zero-order valence-electron chi connectivity index (χ0n) is 9.91. The van der Waals surface area contributed by atoms with Gasteiger partial charge in [-0.25, -0.2) is 0 Å². The van der Waals surface area contributed by atoms with E-state index in [9.17, 15) is 0 Å². The monoisotopic (exact) mass is 238 g/mol. The number of rotatable bonds is 3. The fourth-order valence-electron chi connectivity index (χ4n) is 2.51. The van der Waals surface area contributed by atoms with Crippen LogP contribution in [0.25, 0.3) is 0 Å². The van der Waals surface area contributed by atoms with E-state index < -0.39 is 0 Å². The Morgan fingerprint density at radius 2 is 2.31 bits per heavy atom. The number of hydrogen-bond acceptors (Lipinski definition) is 2. The summed E-state index contributed by atoms with van der Waals surface area (Å²) in [5, 5.41) is 0.833. The predicted octanol–water partition coefficient (Wildman–Crippen LogP) is 2.86. The first-order chi connectivity index (χ1) is 7.61. The first kappa shape index (κ1) is 11.7. The van der Waals surface area contributed by atoms with E-state index in [1.54, 1.807) is 0 Å². The fourth-order valence-corrected chi connectivity index (χ4v) is 2.69. The Kier molecular flexibility index (Phi) is 3.41. The summed E-state index contributed by atoms with van der Waals surface area (Å²) in [6, 6.07) is 6.19. The van der Waals surface area contributed by atoms with Crippen molar-refractivity contribution in [1.29, 1.82) is 0 Å². The highest BCUT2D eigenvalue weighted by Gasteiger charge is 2.27. The molecule has 3 heteroatoms. The van der Waals surface area contributed by atoms with Crippen LogP contribution in [0.3, 0.4) is 0 Å². The minimum atomic E-state index is 0.573. The molecule has 16 heavy (non-hydrogen) atoms. The summed E-state index contributed by atoms with van der Waals surface area (Å²) in [6.45, 7) is 4.05. The molecule has 0 saturated carbocycles. The molecule has 0 aromatic heterocycles. The maximum Gasteiger partial charge on any atom is 0.0410 e. The Hall–Kier alpha value is -0.730. The second kappa shape index (κ2) is 4.64. The number of fused-ring (bicyclic) bond motifs is 1. The van der Waals surface area contributed by atoms with Crippen molar-refractivity contribution in [2.45, 2.75) is 19.3 Å². The maximum atomic E-state index is 6.06. The van der Waals surface area contributed by atoms with E-state index in [0.29, 0.717) is 11.8 Å². The summed E-state index contributed by atoms with van der Waals surface area (Å²) < 4.78 is 0. The molecule has 2 rings (SSSR count). The van der Waals surface area contributed by atoms with E-state index in [4.69, 9.17) is 17.3 Å². The van der Waals surface area contributed by atoms with Gasteiger partial charge >= 0.3 is 0 Å². The first-order valence-corrected chi connectivity index (χ1v) is 6.20. The first-order valence-electron chi connectivity index (χ1n) is 5.82. The van der Waals surface area contributed by atoms with Crippen molar-refractivity contribution in [3.63, 3.8) is 0 Å². The van der Waals surface area contributed by atoms with Gasteiger partial charge in [-0.2, -0.15) is 0 Å². The zero-order chi connectivity index (χ0) is 11.7. The number of nitrogens with two attached hydrogens (primary N) is 1. The summed E-state index contributed by atoms with van der Waals surface area (Å²) in [5.41, 5.74) is 8.40. The Morgan fingerprint density at radius 3 is 3.00 bits per heavy atom. The van der Waals surface area contributed by atoms with Gasteiger partial charge in [0.15, 0.2) is 0 Å². The summed E-state index contributed by atoms with van der Waals surface area (Å²) >= 11 is 6.06. The van der Waals surface area contributed by atoms with Gasteiger partial charge in [-0.1, -0.05) is 18.5 Å². The van der Waals surface area contributed by atoms with Gasteiger partial charge in [0, 0.05) is 30.2 Å². The van der Waals surface area contributed by atoms with Gasteiger partial charge in [-0.05, 0) is 42.6 Å². The van der Waals surface area contributed by atoms with Gasteiger partial charge in [0.25, 0.3) is 0 Å². The highest BCUT2D eigenvalue weighted by atomic mass is 35.5. The van der Waals surface area contributed by atoms with Crippen LogP contribution in [0, 0.1) is 5.92 Å². The lowest BCUT2D eigenvalue weighted by molar-refractivity contribution is 0.487. The SMILES string of the molecule is CC(CN)CC1CN(C)c2ccc(Cl)cc21. The fraction of sp³-hybridized carbons (Fsp3) is 0.538. The van der Waals surface area contributed by atoms with Crippen LogP contribution >= 0.6 is 11.6 Å². The van der Waals surface area contributed by atoms with Crippen molar-refractivity contribution in [1.82, 2.24) is 0 Å². The predicted molar refractivity (Wildman–Crippen MR) is 70.3 cm³/mol. The van der Waals surface area contributed by atoms with Crippen molar-refractivity contribution in [3.05, 3.63) is 28.8 Å². The molecular formula is C13H19ClN2. The number of halogens is 1. The van der Waals surface area contributed by atoms with Crippen LogP contribution in [0.1, 0.15) is 24.8 Å². The molecule has 0 bridgehead atoms. The third-order valence-corrected chi connectivity index (χ3v) is 3.66. The number of benzene rings is 1. The number of likely N-dealkylation sites (N-methyl/N-ethyl adjacent to an activating group) is 1. The molecule has 0 aliphatic carbocycles. The molecule has 88 valence electrons. The minimum absolute atomic E-state index is 0.573. The van der Waals surface area contributed by atoms with Gasteiger partial charge in [0.1, 0.15) is 0 Å². The Balaban J connectivity index is 2.24. The Labute approximate surface area is 102 Å². The molecule has 0 amide bonds. The highest BCUT2D eigenvalue weighted by molar-refractivity contribution is 6.30. The quantitative estimate of drug-likeness (QED) is 0.878. The molecule has 1 heterocycles. The number of anilines is 1. The molecule has 1 aromatic carbocycles. The van der Waals surface area contributed by atoms with E-state index in [1.165, 1.54) is 11.3 Å². The smallest absolute Gasteiger partial charge is 0.0410 e. The van der Waals surface area contributed by atoms with E-state index in [-0.39, 0.29) is 0 Å². The molecule has 0 saturated heterocycles. The molecule has 1 aliphatic heterocycles. The average Bonchev–Trinajstić information content (AvgIpc) is 2.55. The lowest BCUT2D eigenvalue weighted by Crippen LogP contribution is -2.19. The molecule has 1 aromatic rings. The lowest BCUT2D eigenvalue weighted by Gasteiger charge is -2.16. The Bertz CT molecular complexity index is 378. The van der Waals surface area contributed by atoms with Gasteiger partial charge in [0.2, 0.25) is 0 Å². The van der Waals surface area contributed by atoms with Crippen molar-refractivity contribution in [2.75, 3.05) is 25.0 Å². The minimum Gasteiger partial charge on any atom is -0.374 e. The van der Waals surface area contributed by atoms with E-state index in [2.05, 4.69) is 31.0 Å². The molecule has 0 spiro atoms. The average molecular weight is 239 g/mol. The molecule has 0 radical (unpaired) electrons. The van der Waals surface area contributed by atoms with Crippen LogP contribution in [0.2, 0.25) is 5.02 Å². The second-order valence-electron chi connectivity index (χ2n) is 4.86. The number of nitrogens with zero attached hydrogens (tertiary/aromatic N) is 1. The maximum absolute atomic E-state index is 6.06. The number of hydrogen-bond donors (Lipinski definition) is 1. The van der Waals surface area contributed by atoms with E-state index in [1.807, 2.05) is 6.07 Å². The van der Waals surface area contributed by atoms with E-state index >= 15 is 0 Å². The van der Waals surface area contributed by atoms with E-state index in [0.717, 1.165) is 24.5 Å². The van der Waals surface area contributed by atoms with Crippen molar-refractivity contribution in [2.24, 2.45) is 11.7 Å². The van der Waals surface area contributed by atoms with Crippen molar-refractivity contribution >= 4 is 17.3 Å². The van der Waals surface area contributed by atoms with Crippen LogP contribution in [-0.2, 0) is 0 Å². The molecular weight excluding hydrogens is 220 g/mol. The van der Waals surface area contributed by atoms with Crippen molar-refractivity contribution < 1.29 is 0 Å². The van der Waals surface area contributed by atoms with Gasteiger partial charge < -0.3 is 10.6 Å². The normalized spacial score (nSPS) is 21.0. The largest absolute Gasteiger partial charge is 0.374 e. The van der Waals surface area contributed by atoms with Crippen LogP contribution in [0.15, 0.2) is 18.2 Å². The standard InChI is InChI=1S/C13H19ClN2/c1-9(7-15)5-10-8-16(2)13-4-3-11(14)6-12(10)13/h3-4,6,9-10H,5,7-8,15H2,1-2H3. The van der Waals surface area contributed by atoms with Crippen LogP contribution in [0.5, 0.6) is 0 Å². The summed E-state index contributed by atoms with van der Waals surface area (Å²) in [4.78, 5) is 2.31. The molecule has 2 atom stereocenters. The molecule has 2 unspecified atom stereocenters. The zero-order valence-corrected chi connectivity index (χ0v) is 10.7. The van der Waals surface area contributed by atoms with Gasteiger partial charge in [-0.15, -0.1) is 0 Å². The Morgan fingerprint density at radius 1 is 1.56 bits per heavy atom. The molecule has 0 fully saturated rings. The van der Waals surface area contributed by atoms with Gasteiger partial charge in [0.05, 0.1) is 0 Å². The third kappa shape index (κ3) is 2.18. The van der Waals surface area contributed by atoms with Crippen LogP contribution in [0.4, 0.5) is 5.69 Å². The van der Waals surface area contributed by atoms with Crippen molar-refractivity contribution in [3.8, 4) is 0 Å². The molecule has 2 nitrogen and oxygen atoms in total. The molecule has 1 aliphatic rings. The summed E-state index contributed by atoms with van der Waals surface area (Å²) in [7, 11) is 2.14. The summed E-state index contributed by atoms with van der Waals surface area (Å²) in [5.74, 6) is 1.15. The lowest BCUT2D eigenvalue weighted by atomic mass is 9.91. The molecule has 2 N–H and O–H groups in total. The summed E-state index contributed by atoms with van der Waals surface area (Å²) in [6.07, 6.45) is 1.15. The van der Waals surface area contributed by atoms with Crippen LogP contribution < -0.4 is 10.6 Å². The third-order valence-electron chi connectivity index (χ3n) is 3.42. The van der Waals surface area contributed by atoms with Gasteiger partial charge in [-0.3, -0.25) is 0 Å². The van der Waals surface area contributed by atoms with Crippen LogP contribution in [-0.4, -0.2) is 20.1 Å². The second-order valence-corrected chi connectivity index (χ2v) is 5.29.